The largest absolute Gasteiger partial charge is 0.464 e. The van der Waals surface area contributed by atoms with Crippen LogP contribution < -0.4 is 4.74 Å². The molecule has 0 aromatic heterocycles. The molecule has 4 aromatic rings. The van der Waals surface area contributed by atoms with Gasteiger partial charge < -0.3 is 4.74 Å². The highest BCUT2D eigenvalue weighted by Gasteiger charge is 2.41. The third-order valence-corrected chi connectivity index (χ3v) is 6.48. The molecular weight excluding hydrogens is 427 g/mol. The lowest BCUT2D eigenvalue weighted by atomic mass is 9.95. The molecule has 2 aliphatic rings. The van der Waals surface area contributed by atoms with Crippen LogP contribution >= 0.6 is 23.2 Å². The predicted octanol–water partition coefficient (Wildman–Crippen LogP) is 7.39. The summed E-state index contributed by atoms with van der Waals surface area (Å²) in [4.78, 5) is 0. The van der Waals surface area contributed by atoms with Gasteiger partial charge in [0.2, 0.25) is 6.23 Å². The van der Waals surface area contributed by atoms with Crippen LogP contribution in [-0.4, -0.2) is 10.7 Å². The second kappa shape index (κ2) is 7.30. The maximum Gasteiger partial charge on any atom is 0.213 e. The van der Waals surface area contributed by atoms with Gasteiger partial charge in [0.15, 0.2) is 0 Å². The van der Waals surface area contributed by atoms with Gasteiger partial charge in [-0.25, -0.2) is 5.01 Å². The summed E-state index contributed by atoms with van der Waals surface area (Å²) < 4.78 is 6.40. The summed E-state index contributed by atoms with van der Waals surface area (Å²) in [7, 11) is 0. The van der Waals surface area contributed by atoms with Gasteiger partial charge in [-0.05, 0) is 52.7 Å². The first-order valence-electron chi connectivity index (χ1n) is 10.2. The standard InChI is InChI=1S/C26H18Cl2N2O/c27-20-9-7-17(8-10-20)26-30-24(22-14-21(28)11-12-25(22)31-26)15-23(29-30)19-6-5-16-3-1-2-4-18(16)13-19/h1-14,24,26H,15H2/t24-,26-/m1/s1. The lowest BCUT2D eigenvalue weighted by Gasteiger charge is -2.38. The van der Waals surface area contributed by atoms with Crippen molar-refractivity contribution in [2.75, 3.05) is 0 Å². The van der Waals surface area contributed by atoms with E-state index in [9.17, 15) is 0 Å². The smallest absolute Gasteiger partial charge is 0.213 e. The van der Waals surface area contributed by atoms with Gasteiger partial charge in [-0.15, -0.1) is 0 Å². The highest BCUT2D eigenvalue weighted by molar-refractivity contribution is 6.31. The molecule has 0 saturated carbocycles. The Bertz CT molecular complexity index is 1330. The molecule has 0 spiro atoms. The molecule has 152 valence electrons. The first kappa shape index (κ1) is 18.7. The van der Waals surface area contributed by atoms with E-state index in [0.29, 0.717) is 10.0 Å². The van der Waals surface area contributed by atoms with E-state index in [1.165, 1.54) is 10.8 Å². The number of hydrogen-bond donors (Lipinski definition) is 0. The van der Waals surface area contributed by atoms with E-state index in [-0.39, 0.29) is 12.3 Å². The summed E-state index contributed by atoms with van der Waals surface area (Å²) >= 11 is 12.4. The molecule has 0 amide bonds. The van der Waals surface area contributed by atoms with Crippen LogP contribution in [0.25, 0.3) is 10.8 Å². The van der Waals surface area contributed by atoms with Gasteiger partial charge in [-0.1, -0.05) is 71.7 Å². The molecule has 0 saturated heterocycles. The molecule has 0 N–H and O–H groups in total. The number of rotatable bonds is 2. The molecule has 0 bridgehead atoms. The van der Waals surface area contributed by atoms with Crippen molar-refractivity contribution in [3.8, 4) is 5.75 Å². The number of hydrazone groups is 1. The van der Waals surface area contributed by atoms with E-state index < -0.39 is 0 Å². The minimum absolute atomic E-state index is 0.0598. The molecule has 2 atom stereocenters. The van der Waals surface area contributed by atoms with Crippen molar-refractivity contribution < 1.29 is 4.74 Å². The fraction of sp³-hybridized carbons (Fsp3) is 0.115. The molecule has 6 rings (SSSR count). The van der Waals surface area contributed by atoms with E-state index in [4.69, 9.17) is 33.0 Å². The van der Waals surface area contributed by atoms with E-state index in [1.807, 2.05) is 42.5 Å². The average Bonchev–Trinajstić information content (AvgIpc) is 3.25. The van der Waals surface area contributed by atoms with E-state index >= 15 is 0 Å². The van der Waals surface area contributed by atoms with Crippen molar-refractivity contribution in [1.82, 2.24) is 5.01 Å². The monoisotopic (exact) mass is 444 g/mol. The van der Waals surface area contributed by atoms with Gasteiger partial charge in [-0.3, -0.25) is 0 Å². The molecular formula is C26H18Cl2N2O. The Morgan fingerprint density at radius 3 is 2.42 bits per heavy atom. The molecule has 0 aliphatic carbocycles. The summed E-state index contributed by atoms with van der Waals surface area (Å²) in [6, 6.07) is 28.5. The van der Waals surface area contributed by atoms with Gasteiger partial charge >= 0.3 is 0 Å². The lowest BCUT2D eigenvalue weighted by Crippen LogP contribution is -2.33. The number of fused-ring (bicyclic) bond motifs is 4. The fourth-order valence-electron chi connectivity index (χ4n) is 4.45. The summed E-state index contributed by atoms with van der Waals surface area (Å²) in [6.45, 7) is 0. The summed E-state index contributed by atoms with van der Waals surface area (Å²) in [5, 5.41) is 10.9. The first-order valence-corrected chi connectivity index (χ1v) is 11.0. The van der Waals surface area contributed by atoms with Gasteiger partial charge in [0.05, 0.1) is 11.8 Å². The molecule has 5 heteroatoms. The van der Waals surface area contributed by atoms with Crippen LogP contribution in [-0.2, 0) is 0 Å². The Balaban J connectivity index is 1.45. The van der Waals surface area contributed by atoms with Gasteiger partial charge in [0.25, 0.3) is 0 Å². The Kier molecular flexibility index (Phi) is 4.41. The minimum atomic E-state index is -0.325. The number of halogens is 2. The molecule has 0 unspecified atom stereocenters. The van der Waals surface area contributed by atoms with E-state index in [1.54, 1.807) is 0 Å². The quantitative estimate of drug-likeness (QED) is 0.321. The molecule has 31 heavy (non-hydrogen) atoms. The number of ether oxygens (including phenoxy) is 1. The zero-order valence-corrected chi connectivity index (χ0v) is 18.0. The molecule has 2 aliphatic heterocycles. The summed E-state index contributed by atoms with van der Waals surface area (Å²) in [5.41, 5.74) is 4.26. The lowest BCUT2D eigenvalue weighted by molar-refractivity contribution is -0.0190. The molecule has 0 radical (unpaired) electrons. The number of benzene rings is 4. The highest BCUT2D eigenvalue weighted by atomic mass is 35.5. The van der Waals surface area contributed by atoms with Crippen molar-refractivity contribution in [3.63, 3.8) is 0 Å². The van der Waals surface area contributed by atoms with Crippen LogP contribution in [0.3, 0.4) is 0 Å². The Labute approximate surface area is 190 Å². The van der Waals surface area contributed by atoms with Crippen molar-refractivity contribution >= 4 is 39.7 Å². The molecule has 2 heterocycles. The number of hydrogen-bond acceptors (Lipinski definition) is 3. The predicted molar refractivity (Wildman–Crippen MR) is 126 cm³/mol. The Morgan fingerprint density at radius 1 is 0.806 bits per heavy atom. The summed E-state index contributed by atoms with van der Waals surface area (Å²) in [6.07, 6.45) is 0.466. The number of nitrogens with zero attached hydrogens (tertiary/aromatic N) is 2. The van der Waals surface area contributed by atoms with Crippen LogP contribution in [0.1, 0.15) is 35.4 Å². The van der Waals surface area contributed by atoms with Gasteiger partial charge in [-0.2, -0.15) is 5.10 Å². The zero-order chi connectivity index (χ0) is 20.9. The van der Waals surface area contributed by atoms with Crippen LogP contribution in [0.15, 0.2) is 90.0 Å². The van der Waals surface area contributed by atoms with Crippen molar-refractivity contribution in [1.29, 1.82) is 0 Å². The minimum Gasteiger partial charge on any atom is -0.464 e. The molecule has 3 nitrogen and oxygen atoms in total. The van der Waals surface area contributed by atoms with Crippen LogP contribution in [0.5, 0.6) is 5.75 Å². The second-order valence-corrected chi connectivity index (χ2v) is 8.79. The van der Waals surface area contributed by atoms with Crippen LogP contribution in [0, 0.1) is 0 Å². The van der Waals surface area contributed by atoms with Gasteiger partial charge in [0.1, 0.15) is 5.75 Å². The van der Waals surface area contributed by atoms with E-state index in [0.717, 1.165) is 34.6 Å². The van der Waals surface area contributed by atoms with Gasteiger partial charge in [0, 0.05) is 27.6 Å². The SMILES string of the molecule is Clc1ccc([C@H]2Oc3ccc(Cl)cc3[C@H]3CC(c4ccc5ccccc5c4)=NN32)cc1. The second-order valence-electron chi connectivity index (χ2n) is 7.91. The normalized spacial score (nSPS) is 19.5. The van der Waals surface area contributed by atoms with Crippen molar-refractivity contribution in [2.45, 2.75) is 18.7 Å². The highest BCUT2D eigenvalue weighted by Crippen LogP contribution is 2.48. The zero-order valence-electron chi connectivity index (χ0n) is 16.5. The average molecular weight is 445 g/mol. The van der Waals surface area contributed by atoms with Crippen LogP contribution in [0.4, 0.5) is 0 Å². The summed E-state index contributed by atoms with van der Waals surface area (Å²) in [5.74, 6) is 0.848. The fourth-order valence-corrected chi connectivity index (χ4v) is 4.76. The molecule has 0 fully saturated rings. The Hall–Kier alpha value is -3.01. The van der Waals surface area contributed by atoms with Crippen molar-refractivity contribution in [2.24, 2.45) is 5.10 Å². The molecule has 4 aromatic carbocycles. The third-order valence-electron chi connectivity index (χ3n) is 5.99. The third kappa shape index (κ3) is 3.25. The maximum absolute atomic E-state index is 6.40. The Morgan fingerprint density at radius 2 is 1.58 bits per heavy atom. The van der Waals surface area contributed by atoms with E-state index in [2.05, 4.69) is 47.5 Å². The topological polar surface area (TPSA) is 24.8 Å². The van der Waals surface area contributed by atoms with Crippen LogP contribution in [0.2, 0.25) is 10.0 Å². The van der Waals surface area contributed by atoms with Crippen molar-refractivity contribution in [3.05, 3.63) is 112 Å². The maximum atomic E-state index is 6.40. The first-order chi connectivity index (χ1) is 15.2.